The van der Waals surface area contributed by atoms with Gasteiger partial charge in [0.2, 0.25) is 0 Å². The predicted molar refractivity (Wildman–Crippen MR) is 62.1 cm³/mol. The average Bonchev–Trinajstić information content (AvgIpc) is 3.07. The Labute approximate surface area is 104 Å². The van der Waals surface area contributed by atoms with Gasteiger partial charge in [0.05, 0.1) is 0 Å². The Morgan fingerprint density at radius 2 is 2.29 bits per heavy atom. The van der Waals surface area contributed by atoms with Crippen LogP contribution in [0.25, 0.3) is 0 Å². The molecule has 1 aromatic heterocycles. The van der Waals surface area contributed by atoms with E-state index >= 15 is 0 Å². The standard InChI is InChI=1S/C12H11ClN2O2/c13-9-2-1-3-10(6-9)16-7-11-14-12(15-17-11)8-4-5-8/h1-3,6,8H,4-5,7H2. The molecule has 0 radical (unpaired) electrons. The lowest BCUT2D eigenvalue weighted by molar-refractivity contribution is 0.242. The van der Waals surface area contributed by atoms with Gasteiger partial charge in [0, 0.05) is 10.9 Å². The van der Waals surface area contributed by atoms with Crippen LogP contribution in [0, 0.1) is 0 Å². The number of benzene rings is 1. The van der Waals surface area contributed by atoms with Crippen LogP contribution in [0.3, 0.4) is 0 Å². The maximum Gasteiger partial charge on any atom is 0.264 e. The van der Waals surface area contributed by atoms with E-state index in [0.717, 1.165) is 18.7 Å². The molecule has 0 aliphatic heterocycles. The van der Waals surface area contributed by atoms with Crippen LogP contribution in [0.2, 0.25) is 5.02 Å². The molecule has 0 N–H and O–H groups in total. The fourth-order valence-corrected chi connectivity index (χ4v) is 1.72. The highest BCUT2D eigenvalue weighted by molar-refractivity contribution is 6.30. The minimum atomic E-state index is 0.278. The van der Waals surface area contributed by atoms with E-state index < -0.39 is 0 Å². The van der Waals surface area contributed by atoms with Gasteiger partial charge in [0.15, 0.2) is 12.4 Å². The molecule has 0 saturated heterocycles. The summed E-state index contributed by atoms with van der Waals surface area (Å²) in [5, 5.41) is 4.56. The van der Waals surface area contributed by atoms with Crippen LogP contribution in [0.15, 0.2) is 28.8 Å². The first-order chi connectivity index (χ1) is 8.31. The number of hydrogen-bond acceptors (Lipinski definition) is 4. The molecule has 2 aromatic rings. The molecule has 1 heterocycles. The van der Waals surface area contributed by atoms with Crippen LogP contribution in [0.5, 0.6) is 5.75 Å². The molecule has 17 heavy (non-hydrogen) atoms. The van der Waals surface area contributed by atoms with E-state index in [1.807, 2.05) is 12.1 Å². The smallest absolute Gasteiger partial charge is 0.264 e. The third-order valence-electron chi connectivity index (χ3n) is 2.58. The molecular weight excluding hydrogens is 240 g/mol. The Bertz CT molecular complexity index is 523. The van der Waals surface area contributed by atoms with Crippen LogP contribution < -0.4 is 4.74 Å². The van der Waals surface area contributed by atoms with E-state index in [9.17, 15) is 0 Å². The molecule has 3 rings (SSSR count). The highest BCUT2D eigenvalue weighted by Crippen LogP contribution is 2.38. The van der Waals surface area contributed by atoms with Gasteiger partial charge in [0.1, 0.15) is 5.75 Å². The quantitative estimate of drug-likeness (QED) is 0.836. The summed E-state index contributed by atoms with van der Waals surface area (Å²) in [6, 6.07) is 7.22. The van der Waals surface area contributed by atoms with Gasteiger partial charge in [-0.25, -0.2) is 0 Å². The van der Waals surface area contributed by atoms with Gasteiger partial charge in [-0.1, -0.05) is 22.8 Å². The third kappa shape index (κ3) is 2.58. The monoisotopic (exact) mass is 250 g/mol. The molecule has 5 heteroatoms. The lowest BCUT2D eigenvalue weighted by Gasteiger charge is -2.02. The van der Waals surface area contributed by atoms with Gasteiger partial charge in [-0.15, -0.1) is 0 Å². The van der Waals surface area contributed by atoms with Crippen molar-refractivity contribution >= 4 is 11.6 Å². The number of halogens is 1. The van der Waals surface area contributed by atoms with Crippen molar-refractivity contribution in [2.45, 2.75) is 25.4 Å². The Kier molecular flexibility index (Phi) is 2.73. The molecule has 1 aliphatic carbocycles. The van der Waals surface area contributed by atoms with Crippen LogP contribution in [0.1, 0.15) is 30.5 Å². The van der Waals surface area contributed by atoms with Crippen molar-refractivity contribution in [2.75, 3.05) is 0 Å². The van der Waals surface area contributed by atoms with Crippen LogP contribution in [-0.2, 0) is 6.61 Å². The molecule has 1 saturated carbocycles. The molecule has 4 nitrogen and oxygen atoms in total. The molecule has 1 fully saturated rings. The minimum absolute atomic E-state index is 0.278. The Balaban J connectivity index is 1.62. The Morgan fingerprint density at radius 1 is 1.41 bits per heavy atom. The van der Waals surface area contributed by atoms with E-state index in [2.05, 4.69) is 10.1 Å². The highest BCUT2D eigenvalue weighted by Gasteiger charge is 2.28. The molecule has 0 amide bonds. The molecule has 0 spiro atoms. The number of nitrogens with zero attached hydrogens (tertiary/aromatic N) is 2. The fourth-order valence-electron chi connectivity index (χ4n) is 1.54. The number of hydrogen-bond donors (Lipinski definition) is 0. The van der Waals surface area contributed by atoms with Crippen LogP contribution >= 0.6 is 11.6 Å². The first-order valence-corrected chi connectivity index (χ1v) is 5.90. The molecule has 1 aromatic carbocycles. The number of rotatable bonds is 4. The van der Waals surface area contributed by atoms with Crippen molar-refractivity contribution in [1.29, 1.82) is 0 Å². The summed E-state index contributed by atoms with van der Waals surface area (Å²) in [5.41, 5.74) is 0. The zero-order valence-electron chi connectivity index (χ0n) is 9.10. The first kappa shape index (κ1) is 10.6. The maximum atomic E-state index is 5.85. The lowest BCUT2D eigenvalue weighted by atomic mass is 10.3. The molecule has 0 unspecified atom stereocenters. The summed E-state index contributed by atoms with van der Waals surface area (Å²) in [4.78, 5) is 4.27. The number of ether oxygens (including phenoxy) is 1. The molecular formula is C12H11ClN2O2. The third-order valence-corrected chi connectivity index (χ3v) is 2.82. The Hall–Kier alpha value is -1.55. The zero-order chi connectivity index (χ0) is 11.7. The second-order valence-electron chi connectivity index (χ2n) is 4.07. The van der Waals surface area contributed by atoms with Crippen molar-refractivity contribution in [3.05, 3.63) is 41.0 Å². The first-order valence-electron chi connectivity index (χ1n) is 5.52. The molecule has 0 atom stereocenters. The molecule has 0 bridgehead atoms. The molecule has 1 aliphatic rings. The summed E-state index contributed by atoms with van der Waals surface area (Å²) in [5.74, 6) is 2.50. The van der Waals surface area contributed by atoms with E-state index in [0.29, 0.717) is 22.6 Å². The summed E-state index contributed by atoms with van der Waals surface area (Å²) in [6.45, 7) is 0.278. The van der Waals surface area contributed by atoms with Gasteiger partial charge in [-0.2, -0.15) is 4.98 Å². The van der Waals surface area contributed by atoms with Crippen molar-refractivity contribution in [3.63, 3.8) is 0 Å². The second-order valence-corrected chi connectivity index (χ2v) is 4.50. The maximum absolute atomic E-state index is 5.85. The predicted octanol–water partition coefficient (Wildman–Crippen LogP) is 3.18. The van der Waals surface area contributed by atoms with E-state index in [1.54, 1.807) is 12.1 Å². The van der Waals surface area contributed by atoms with Crippen molar-refractivity contribution in [1.82, 2.24) is 10.1 Å². The summed E-state index contributed by atoms with van der Waals surface area (Å²) >= 11 is 5.85. The van der Waals surface area contributed by atoms with Crippen molar-refractivity contribution < 1.29 is 9.26 Å². The van der Waals surface area contributed by atoms with Gasteiger partial charge < -0.3 is 9.26 Å². The van der Waals surface area contributed by atoms with Crippen molar-refractivity contribution in [3.8, 4) is 5.75 Å². The zero-order valence-corrected chi connectivity index (χ0v) is 9.85. The van der Waals surface area contributed by atoms with E-state index in [4.69, 9.17) is 20.9 Å². The minimum Gasteiger partial charge on any atom is -0.484 e. The summed E-state index contributed by atoms with van der Waals surface area (Å²) in [6.07, 6.45) is 2.32. The SMILES string of the molecule is Clc1cccc(OCc2nc(C3CC3)no2)c1. The van der Waals surface area contributed by atoms with E-state index in [1.165, 1.54) is 0 Å². The van der Waals surface area contributed by atoms with Gasteiger partial charge in [-0.05, 0) is 31.0 Å². The normalized spacial score (nSPS) is 14.9. The fraction of sp³-hybridized carbons (Fsp3) is 0.333. The highest BCUT2D eigenvalue weighted by atomic mass is 35.5. The summed E-state index contributed by atoms with van der Waals surface area (Å²) < 4.78 is 10.6. The average molecular weight is 251 g/mol. The van der Waals surface area contributed by atoms with Gasteiger partial charge in [-0.3, -0.25) is 0 Å². The number of aromatic nitrogens is 2. The lowest BCUT2D eigenvalue weighted by Crippen LogP contribution is -1.95. The molecule has 88 valence electrons. The second kappa shape index (κ2) is 4.37. The topological polar surface area (TPSA) is 48.2 Å². The Morgan fingerprint density at radius 3 is 3.06 bits per heavy atom. The largest absolute Gasteiger partial charge is 0.484 e. The van der Waals surface area contributed by atoms with Crippen LogP contribution in [-0.4, -0.2) is 10.1 Å². The van der Waals surface area contributed by atoms with Gasteiger partial charge >= 0.3 is 0 Å². The van der Waals surface area contributed by atoms with Crippen LogP contribution in [0.4, 0.5) is 0 Å². The summed E-state index contributed by atoms with van der Waals surface area (Å²) in [7, 11) is 0. The van der Waals surface area contributed by atoms with Crippen molar-refractivity contribution in [2.24, 2.45) is 0 Å². The van der Waals surface area contributed by atoms with Gasteiger partial charge in [0.25, 0.3) is 5.89 Å². The van der Waals surface area contributed by atoms with E-state index in [-0.39, 0.29) is 6.61 Å².